The van der Waals surface area contributed by atoms with Gasteiger partial charge in [-0.1, -0.05) is 73.8 Å². The second-order valence-corrected chi connectivity index (χ2v) is 23.7. The van der Waals surface area contributed by atoms with Gasteiger partial charge >= 0.3 is 66.0 Å². The van der Waals surface area contributed by atoms with Crippen LogP contribution in [-0.2, 0) is 30.7 Å². The Morgan fingerprint density at radius 3 is 2.00 bits per heavy atom. The maximum absolute atomic E-state index is 3.74. The van der Waals surface area contributed by atoms with Crippen LogP contribution in [0.5, 0.6) is 0 Å². The molecule has 0 heterocycles. The van der Waals surface area contributed by atoms with E-state index >= 15 is 0 Å². The summed E-state index contributed by atoms with van der Waals surface area (Å²) in [5, 5.41) is 3.03. The van der Waals surface area contributed by atoms with Crippen LogP contribution in [0.2, 0.25) is 39.3 Å². The summed E-state index contributed by atoms with van der Waals surface area (Å²) in [6.07, 6.45) is 19.9. The third-order valence-corrected chi connectivity index (χ3v) is 11.9. The Hall–Kier alpha value is -0.893. The zero-order chi connectivity index (χ0) is 24.8. The molecule has 178 valence electrons. The number of benzene rings is 2. The van der Waals surface area contributed by atoms with Crippen molar-refractivity contribution in [3.05, 3.63) is 71.8 Å². The zero-order valence-electron chi connectivity index (χ0n) is 22.3. The third-order valence-electron chi connectivity index (χ3n) is 6.76. The van der Waals surface area contributed by atoms with Gasteiger partial charge in [-0.2, -0.15) is 35.0 Å². The molecule has 0 atom stereocenters. The summed E-state index contributed by atoms with van der Waals surface area (Å²) < 4.78 is 1.81. The van der Waals surface area contributed by atoms with E-state index in [1.807, 2.05) is 15.4 Å². The first-order valence-electron chi connectivity index (χ1n) is 13.0. The molecule has 3 aliphatic carbocycles. The molecule has 34 heavy (non-hydrogen) atoms. The topological polar surface area (TPSA) is 0 Å². The monoisotopic (exact) mass is 560 g/mol. The zero-order valence-corrected chi connectivity index (χ0v) is 26.7. The van der Waals surface area contributed by atoms with Crippen molar-refractivity contribution in [2.24, 2.45) is 0 Å². The molecule has 0 bridgehead atoms. The number of rotatable bonds is 2. The minimum absolute atomic E-state index is 1.01. The van der Waals surface area contributed by atoms with Crippen molar-refractivity contribution in [2.45, 2.75) is 90.6 Å². The standard InChI is InChI=1S/C19H25Si2.C7H12.C5H5.Zr/c1-20(2,3)16-7-9-18-14(12-16)11-15-13-17(21(4,5)6)8-10-19(15)18;1-2-4-6-7-5-3-1;1-2-4-5-3-1;/h7-10,12H,11H2,1-6H3;1-6H2;1-3H,4H2;/q-1;;-1;+2. The molecule has 3 aliphatic rings. The molecule has 0 unspecified atom stereocenters. The van der Waals surface area contributed by atoms with Gasteiger partial charge in [0.1, 0.15) is 0 Å². The molecule has 1 saturated carbocycles. The Morgan fingerprint density at radius 1 is 0.794 bits per heavy atom. The Morgan fingerprint density at radius 2 is 1.47 bits per heavy atom. The molecule has 0 N–H and O–H groups in total. The van der Waals surface area contributed by atoms with Crippen molar-refractivity contribution in [1.82, 2.24) is 0 Å². The SMILES string of the molecule is C[Si](C)(C)c1[c-]c2c(cc1)-c1ccc([Si](C)(C)C)cc1C2.[C-]1=CC=CC1.[Zr+2]=[C]1CCCCCC1. The first kappa shape index (κ1) is 27.7. The summed E-state index contributed by atoms with van der Waals surface area (Å²) in [4.78, 5) is 0. The van der Waals surface area contributed by atoms with Crippen molar-refractivity contribution in [1.29, 1.82) is 0 Å². The van der Waals surface area contributed by atoms with Crippen LogP contribution in [0.1, 0.15) is 56.1 Å². The number of allylic oxidation sites excluding steroid dienone is 4. The molecule has 0 spiro atoms. The van der Waals surface area contributed by atoms with E-state index < -0.39 is 16.1 Å². The van der Waals surface area contributed by atoms with Crippen molar-refractivity contribution in [3.8, 4) is 11.1 Å². The molecule has 0 aromatic heterocycles. The van der Waals surface area contributed by atoms with Crippen LogP contribution in [0.4, 0.5) is 0 Å². The predicted molar refractivity (Wildman–Crippen MR) is 154 cm³/mol. The summed E-state index contributed by atoms with van der Waals surface area (Å²) in [6, 6.07) is 15.5. The summed E-state index contributed by atoms with van der Waals surface area (Å²) >= 11 is 1.69. The molecule has 0 saturated heterocycles. The Bertz CT molecular complexity index is 967. The van der Waals surface area contributed by atoms with Gasteiger partial charge in [0.05, 0.1) is 16.1 Å². The van der Waals surface area contributed by atoms with Gasteiger partial charge in [0.15, 0.2) is 0 Å². The molecule has 0 nitrogen and oxygen atoms in total. The molecule has 2 aromatic carbocycles. The van der Waals surface area contributed by atoms with E-state index in [-0.39, 0.29) is 0 Å². The van der Waals surface area contributed by atoms with Crippen molar-refractivity contribution >= 4 is 29.7 Å². The van der Waals surface area contributed by atoms with Crippen LogP contribution < -0.4 is 10.4 Å². The molecular weight excluding hydrogens is 520 g/mol. The number of hydrogen-bond acceptors (Lipinski definition) is 0. The van der Waals surface area contributed by atoms with E-state index in [2.05, 4.69) is 87.8 Å². The van der Waals surface area contributed by atoms with Crippen LogP contribution in [0.15, 0.2) is 48.6 Å². The van der Waals surface area contributed by atoms with Gasteiger partial charge in [0.25, 0.3) is 0 Å². The average Bonchev–Trinajstić information content (AvgIpc) is 3.40. The second kappa shape index (κ2) is 12.4. The minimum atomic E-state index is -1.27. The average molecular weight is 562 g/mol. The van der Waals surface area contributed by atoms with Gasteiger partial charge in [-0.05, 0) is 6.42 Å². The molecule has 1 fully saturated rings. The van der Waals surface area contributed by atoms with Gasteiger partial charge in [-0.3, -0.25) is 6.08 Å². The van der Waals surface area contributed by atoms with Gasteiger partial charge in [0, 0.05) is 0 Å². The summed E-state index contributed by atoms with van der Waals surface area (Å²) in [7, 11) is -2.49. The molecule has 3 heteroatoms. The maximum atomic E-state index is 3.74. The van der Waals surface area contributed by atoms with Crippen LogP contribution in [0.25, 0.3) is 11.1 Å². The van der Waals surface area contributed by atoms with E-state index in [9.17, 15) is 0 Å². The fraction of sp³-hybridized carbons (Fsp3) is 0.452. The van der Waals surface area contributed by atoms with Crippen LogP contribution in [0.3, 0.4) is 0 Å². The third kappa shape index (κ3) is 8.07. The van der Waals surface area contributed by atoms with E-state index in [4.69, 9.17) is 0 Å². The molecule has 0 aliphatic heterocycles. The normalized spacial score (nSPS) is 16.6. The summed E-state index contributed by atoms with van der Waals surface area (Å²) in [5.41, 5.74) is 5.77. The Kier molecular flexibility index (Phi) is 10.1. The van der Waals surface area contributed by atoms with Crippen LogP contribution >= 0.6 is 0 Å². The van der Waals surface area contributed by atoms with Crippen LogP contribution in [0, 0.1) is 12.1 Å². The quantitative estimate of drug-likeness (QED) is 0.172. The fourth-order valence-corrected chi connectivity index (χ4v) is 7.69. The van der Waals surface area contributed by atoms with Crippen LogP contribution in [-0.4, -0.2) is 19.4 Å². The van der Waals surface area contributed by atoms with Gasteiger partial charge in [-0.25, -0.2) is 12.2 Å². The van der Waals surface area contributed by atoms with E-state index in [0.717, 1.165) is 12.8 Å². The Balaban J connectivity index is 0.000000202. The molecule has 5 rings (SSSR count). The fourth-order valence-electron chi connectivity index (χ4n) is 4.52. The van der Waals surface area contributed by atoms with E-state index in [1.54, 1.807) is 29.4 Å². The first-order valence-corrected chi connectivity index (χ1v) is 21.3. The molecular formula is C31H42Si2Zr. The number of fused-ring (bicyclic) bond motifs is 3. The Labute approximate surface area is 226 Å². The van der Waals surface area contributed by atoms with Gasteiger partial charge in [0.2, 0.25) is 0 Å². The summed E-state index contributed by atoms with van der Waals surface area (Å²) in [6.45, 7) is 14.5. The second-order valence-electron chi connectivity index (χ2n) is 11.8. The molecule has 0 radical (unpaired) electrons. The van der Waals surface area contributed by atoms with Crippen molar-refractivity contribution < 1.29 is 24.2 Å². The van der Waals surface area contributed by atoms with Gasteiger partial charge in [-0.15, -0.1) is 12.0 Å². The summed E-state index contributed by atoms with van der Waals surface area (Å²) in [5.74, 6) is 0. The predicted octanol–water partition coefficient (Wildman–Crippen LogP) is 7.51. The van der Waals surface area contributed by atoms with E-state index in [0.29, 0.717) is 0 Å². The van der Waals surface area contributed by atoms with Crippen molar-refractivity contribution in [2.75, 3.05) is 0 Å². The first-order chi connectivity index (χ1) is 16.1. The number of hydrogen-bond donors (Lipinski definition) is 0. The van der Waals surface area contributed by atoms with Gasteiger partial charge < -0.3 is 0 Å². The van der Waals surface area contributed by atoms with E-state index in [1.165, 1.54) is 66.0 Å². The molecule has 0 amide bonds. The molecule has 2 aromatic rings. The van der Waals surface area contributed by atoms with Crippen molar-refractivity contribution in [3.63, 3.8) is 0 Å².